The van der Waals surface area contributed by atoms with Crippen LogP contribution >= 0.6 is 11.6 Å². The topological polar surface area (TPSA) is 55.5 Å². The molecule has 1 rings (SSSR count). The highest BCUT2D eigenvalue weighted by atomic mass is 35.5. The van der Waals surface area contributed by atoms with Gasteiger partial charge in [-0.15, -0.1) is 0 Å². The second kappa shape index (κ2) is 4.84. The van der Waals surface area contributed by atoms with Crippen molar-refractivity contribution in [1.29, 1.82) is 0 Å². The third kappa shape index (κ3) is 2.43. The Hall–Kier alpha value is -0.770. The van der Waals surface area contributed by atoms with Gasteiger partial charge in [0.15, 0.2) is 0 Å². The summed E-state index contributed by atoms with van der Waals surface area (Å²) in [5.41, 5.74) is 7.25. The Labute approximate surface area is 94.8 Å². The molecule has 2 atom stereocenters. The van der Waals surface area contributed by atoms with Gasteiger partial charge < -0.3 is 15.6 Å². The molecule has 0 aromatic heterocycles. The number of methoxy groups -OCH3 is 1. The first-order valence-corrected chi connectivity index (χ1v) is 5.13. The van der Waals surface area contributed by atoms with E-state index < -0.39 is 6.10 Å². The maximum Gasteiger partial charge on any atom is 0.143 e. The largest absolute Gasteiger partial charge is 0.495 e. The van der Waals surface area contributed by atoms with Gasteiger partial charge in [-0.1, -0.05) is 17.7 Å². The molecule has 84 valence electrons. The number of ether oxygens (including phenoxy) is 1. The maximum absolute atomic E-state index is 9.95. The van der Waals surface area contributed by atoms with E-state index in [4.69, 9.17) is 22.1 Å². The second-order valence-corrected chi connectivity index (χ2v) is 4.02. The smallest absolute Gasteiger partial charge is 0.143 e. The number of aliphatic hydroxyl groups excluding tert-OH is 1. The SMILES string of the molecule is COc1c(Cl)ccc(C)c1C(O)C(C)N. The van der Waals surface area contributed by atoms with E-state index in [1.165, 1.54) is 7.11 Å². The van der Waals surface area contributed by atoms with E-state index in [0.717, 1.165) is 5.56 Å². The van der Waals surface area contributed by atoms with Crippen LogP contribution in [-0.2, 0) is 0 Å². The zero-order valence-electron chi connectivity index (χ0n) is 9.12. The van der Waals surface area contributed by atoms with Crippen LogP contribution in [-0.4, -0.2) is 18.3 Å². The summed E-state index contributed by atoms with van der Waals surface area (Å²) in [6.07, 6.45) is -0.765. The highest BCUT2D eigenvalue weighted by molar-refractivity contribution is 6.32. The van der Waals surface area contributed by atoms with Crippen molar-refractivity contribution in [3.8, 4) is 5.75 Å². The molecule has 4 heteroatoms. The van der Waals surface area contributed by atoms with Crippen molar-refractivity contribution in [3.63, 3.8) is 0 Å². The van der Waals surface area contributed by atoms with Crippen molar-refractivity contribution in [2.24, 2.45) is 5.73 Å². The lowest BCUT2D eigenvalue weighted by atomic mass is 9.98. The molecule has 0 radical (unpaired) electrons. The molecule has 2 unspecified atom stereocenters. The molecular formula is C11H16ClNO2. The van der Waals surface area contributed by atoms with Crippen molar-refractivity contribution < 1.29 is 9.84 Å². The van der Waals surface area contributed by atoms with Crippen LogP contribution in [0.5, 0.6) is 5.75 Å². The minimum Gasteiger partial charge on any atom is -0.495 e. The van der Waals surface area contributed by atoms with Gasteiger partial charge in [0.1, 0.15) is 5.75 Å². The van der Waals surface area contributed by atoms with Crippen molar-refractivity contribution in [1.82, 2.24) is 0 Å². The number of hydrogen-bond acceptors (Lipinski definition) is 3. The van der Waals surface area contributed by atoms with Crippen molar-refractivity contribution >= 4 is 11.6 Å². The fraction of sp³-hybridized carbons (Fsp3) is 0.455. The molecule has 0 saturated carbocycles. The molecule has 1 aromatic carbocycles. The Morgan fingerprint density at radius 3 is 2.53 bits per heavy atom. The van der Waals surface area contributed by atoms with Crippen molar-refractivity contribution in [3.05, 3.63) is 28.3 Å². The van der Waals surface area contributed by atoms with Crippen LogP contribution in [0.25, 0.3) is 0 Å². The Morgan fingerprint density at radius 2 is 2.07 bits per heavy atom. The van der Waals surface area contributed by atoms with E-state index >= 15 is 0 Å². The second-order valence-electron chi connectivity index (χ2n) is 3.62. The number of hydrogen-bond donors (Lipinski definition) is 2. The molecule has 0 spiro atoms. The van der Waals surface area contributed by atoms with Gasteiger partial charge in [-0.05, 0) is 25.5 Å². The van der Waals surface area contributed by atoms with Gasteiger partial charge in [-0.25, -0.2) is 0 Å². The predicted octanol–water partition coefficient (Wildman–Crippen LogP) is 2.04. The van der Waals surface area contributed by atoms with Crippen LogP contribution in [0, 0.1) is 6.92 Å². The quantitative estimate of drug-likeness (QED) is 0.834. The number of halogens is 1. The zero-order valence-corrected chi connectivity index (χ0v) is 9.88. The fourth-order valence-electron chi connectivity index (χ4n) is 1.51. The lowest BCUT2D eigenvalue weighted by Crippen LogP contribution is -2.25. The highest BCUT2D eigenvalue weighted by Crippen LogP contribution is 2.35. The van der Waals surface area contributed by atoms with Gasteiger partial charge in [-0.3, -0.25) is 0 Å². The Bertz CT molecular complexity index is 353. The van der Waals surface area contributed by atoms with Crippen LogP contribution in [0.15, 0.2) is 12.1 Å². The van der Waals surface area contributed by atoms with Crippen molar-refractivity contribution in [2.75, 3.05) is 7.11 Å². The predicted molar refractivity (Wildman–Crippen MR) is 61.4 cm³/mol. The summed E-state index contributed by atoms with van der Waals surface area (Å²) in [5.74, 6) is 0.501. The average molecular weight is 230 g/mol. The standard InChI is InChI=1S/C11H16ClNO2/c1-6-4-5-8(12)11(15-3)9(6)10(14)7(2)13/h4-5,7,10,14H,13H2,1-3H3. The number of nitrogens with two attached hydrogens (primary N) is 1. The van der Waals surface area contributed by atoms with Crippen molar-refractivity contribution in [2.45, 2.75) is 26.0 Å². The lowest BCUT2D eigenvalue weighted by Gasteiger charge is -2.20. The average Bonchev–Trinajstić information content (AvgIpc) is 2.19. The summed E-state index contributed by atoms with van der Waals surface area (Å²) in [6, 6.07) is 3.22. The molecule has 0 heterocycles. The van der Waals surface area contributed by atoms with Gasteiger partial charge in [-0.2, -0.15) is 0 Å². The molecular weight excluding hydrogens is 214 g/mol. The molecule has 0 amide bonds. The third-order valence-corrected chi connectivity index (χ3v) is 2.66. The molecule has 0 aliphatic carbocycles. The monoisotopic (exact) mass is 229 g/mol. The van der Waals surface area contributed by atoms with E-state index in [-0.39, 0.29) is 6.04 Å². The van der Waals surface area contributed by atoms with Gasteiger partial charge >= 0.3 is 0 Å². The van der Waals surface area contributed by atoms with E-state index in [1.807, 2.05) is 13.0 Å². The summed E-state index contributed by atoms with van der Waals surface area (Å²) in [5, 5.41) is 10.4. The summed E-state index contributed by atoms with van der Waals surface area (Å²) in [4.78, 5) is 0. The first kappa shape index (κ1) is 12.3. The molecule has 0 fully saturated rings. The van der Waals surface area contributed by atoms with Gasteiger partial charge in [0.25, 0.3) is 0 Å². The minimum absolute atomic E-state index is 0.365. The van der Waals surface area contributed by atoms with Crippen LogP contribution in [0.3, 0.4) is 0 Å². The maximum atomic E-state index is 9.95. The van der Waals surface area contributed by atoms with Crippen LogP contribution in [0.2, 0.25) is 5.02 Å². The first-order chi connectivity index (χ1) is 6.99. The molecule has 3 nitrogen and oxygen atoms in total. The number of aliphatic hydroxyl groups is 1. The van der Waals surface area contributed by atoms with E-state index in [9.17, 15) is 5.11 Å². The number of benzene rings is 1. The molecule has 3 N–H and O–H groups in total. The van der Waals surface area contributed by atoms with Gasteiger partial charge in [0, 0.05) is 11.6 Å². The van der Waals surface area contributed by atoms with E-state index in [2.05, 4.69) is 0 Å². The summed E-state index contributed by atoms with van der Waals surface area (Å²) in [6.45, 7) is 3.63. The molecule has 15 heavy (non-hydrogen) atoms. The number of rotatable bonds is 3. The molecule has 0 saturated heterocycles. The van der Waals surface area contributed by atoms with Crippen LogP contribution in [0.4, 0.5) is 0 Å². The lowest BCUT2D eigenvalue weighted by molar-refractivity contribution is 0.149. The Balaban J connectivity index is 3.30. The highest BCUT2D eigenvalue weighted by Gasteiger charge is 2.21. The zero-order chi connectivity index (χ0) is 11.6. The summed E-state index contributed by atoms with van der Waals surface area (Å²) >= 11 is 5.97. The third-order valence-electron chi connectivity index (χ3n) is 2.36. The van der Waals surface area contributed by atoms with Gasteiger partial charge in [0.05, 0.1) is 18.2 Å². The molecule has 0 aliphatic rings. The van der Waals surface area contributed by atoms with E-state index in [0.29, 0.717) is 16.3 Å². The Kier molecular flexibility index (Phi) is 3.97. The normalized spacial score (nSPS) is 14.8. The molecule has 0 aliphatic heterocycles. The Morgan fingerprint density at radius 1 is 1.47 bits per heavy atom. The van der Waals surface area contributed by atoms with Crippen LogP contribution < -0.4 is 10.5 Å². The van der Waals surface area contributed by atoms with Gasteiger partial charge in [0.2, 0.25) is 0 Å². The van der Waals surface area contributed by atoms with E-state index in [1.54, 1.807) is 13.0 Å². The molecule has 1 aromatic rings. The summed E-state index contributed by atoms with van der Waals surface area (Å²) in [7, 11) is 1.53. The first-order valence-electron chi connectivity index (χ1n) is 4.75. The number of aryl methyl sites for hydroxylation is 1. The van der Waals surface area contributed by atoms with Crippen LogP contribution in [0.1, 0.15) is 24.2 Å². The molecule has 0 bridgehead atoms. The fourth-order valence-corrected chi connectivity index (χ4v) is 1.75. The summed E-state index contributed by atoms with van der Waals surface area (Å²) < 4.78 is 5.18. The minimum atomic E-state index is -0.765.